The lowest BCUT2D eigenvalue weighted by Crippen LogP contribution is -2.14. The van der Waals surface area contributed by atoms with E-state index in [2.05, 4.69) is 10.3 Å². The topological polar surface area (TPSA) is 62.1 Å². The van der Waals surface area contributed by atoms with Gasteiger partial charge in [-0.2, -0.15) is 0 Å². The van der Waals surface area contributed by atoms with Crippen molar-refractivity contribution in [1.82, 2.24) is 5.01 Å². The van der Waals surface area contributed by atoms with Gasteiger partial charge in [-0.1, -0.05) is 11.3 Å². The minimum Gasteiger partial charge on any atom is -0.279 e. The zero-order chi connectivity index (χ0) is 13.8. The molecule has 5 nitrogen and oxygen atoms in total. The van der Waals surface area contributed by atoms with Crippen LogP contribution in [0, 0.1) is 6.92 Å². The van der Waals surface area contributed by atoms with Gasteiger partial charge >= 0.3 is 0 Å². The van der Waals surface area contributed by atoms with E-state index in [1.807, 2.05) is 20.8 Å². The largest absolute Gasteiger partial charge is 0.279 e. The van der Waals surface area contributed by atoms with Crippen molar-refractivity contribution in [2.75, 3.05) is 19.3 Å². The maximum Gasteiger partial charge on any atom is 0.177 e. The van der Waals surface area contributed by atoms with Crippen LogP contribution in [0.25, 0.3) is 0 Å². The standard InChI is InChI=1S/C12H19N3O2S/c1-5-15(6-2)14-13-11-9-10(3)7-8-12(11)18(4,16)17/h7-9H,5-6H2,1-4H3. The van der Waals surface area contributed by atoms with Crippen molar-refractivity contribution in [2.45, 2.75) is 25.7 Å². The Morgan fingerprint density at radius 3 is 2.33 bits per heavy atom. The number of nitrogens with zero attached hydrogens (tertiary/aromatic N) is 3. The van der Waals surface area contributed by atoms with Gasteiger partial charge in [0.25, 0.3) is 0 Å². The maximum atomic E-state index is 11.6. The van der Waals surface area contributed by atoms with Gasteiger partial charge in [0, 0.05) is 19.3 Å². The molecule has 0 aliphatic rings. The van der Waals surface area contributed by atoms with Crippen molar-refractivity contribution in [2.24, 2.45) is 10.3 Å². The van der Waals surface area contributed by atoms with Crippen LogP contribution >= 0.6 is 0 Å². The lowest BCUT2D eigenvalue weighted by atomic mass is 10.2. The predicted octanol–water partition coefficient (Wildman–Crippen LogP) is 2.74. The van der Waals surface area contributed by atoms with Crippen molar-refractivity contribution >= 4 is 15.5 Å². The molecule has 100 valence electrons. The summed E-state index contributed by atoms with van der Waals surface area (Å²) in [5.74, 6) is 0. The zero-order valence-electron chi connectivity index (χ0n) is 11.2. The lowest BCUT2D eigenvalue weighted by molar-refractivity contribution is 0.300. The summed E-state index contributed by atoms with van der Waals surface area (Å²) in [5, 5.41) is 9.85. The molecule has 0 saturated carbocycles. The summed E-state index contributed by atoms with van der Waals surface area (Å²) in [6.45, 7) is 7.30. The van der Waals surface area contributed by atoms with E-state index >= 15 is 0 Å². The summed E-state index contributed by atoms with van der Waals surface area (Å²) < 4.78 is 23.3. The number of rotatable bonds is 5. The maximum absolute atomic E-state index is 11.6. The number of aryl methyl sites for hydroxylation is 1. The van der Waals surface area contributed by atoms with Gasteiger partial charge < -0.3 is 0 Å². The molecular weight excluding hydrogens is 250 g/mol. The second-order valence-corrected chi connectivity index (χ2v) is 6.06. The molecule has 0 aromatic heterocycles. The highest BCUT2D eigenvalue weighted by atomic mass is 32.2. The molecule has 0 radical (unpaired) electrons. The summed E-state index contributed by atoms with van der Waals surface area (Å²) >= 11 is 0. The number of benzene rings is 1. The van der Waals surface area contributed by atoms with Gasteiger partial charge in [0.2, 0.25) is 0 Å². The van der Waals surface area contributed by atoms with E-state index in [1.54, 1.807) is 23.2 Å². The summed E-state index contributed by atoms with van der Waals surface area (Å²) in [6.07, 6.45) is 1.17. The third-order valence-electron chi connectivity index (χ3n) is 2.52. The molecule has 0 atom stereocenters. The van der Waals surface area contributed by atoms with Gasteiger partial charge in [0.05, 0.1) is 4.90 Å². The highest BCUT2D eigenvalue weighted by Crippen LogP contribution is 2.25. The Hall–Kier alpha value is -1.43. The molecule has 0 unspecified atom stereocenters. The molecule has 0 aliphatic carbocycles. The van der Waals surface area contributed by atoms with Crippen LogP contribution in [0.2, 0.25) is 0 Å². The van der Waals surface area contributed by atoms with Crippen LogP contribution in [-0.2, 0) is 9.84 Å². The van der Waals surface area contributed by atoms with Crippen molar-refractivity contribution in [3.8, 4) is 0 Å². The Labute approximate surface area is 108 Å². The second-order valence-electron chi connectivity index (χ2n) is 4.07. The summed E-state index contributed by atoms with van der Waals surface area (Å²) in [6, 6.07) is 5.05. The van der Waals surface area contributed by atoms with Crippen LogP contribution in [-0.4, -0.2) is 32.8 Å². The summed E-state index contributed by atoms with van der Waals surface area (Å²) in [7, 11) is -3.28. The van der Waals surface area contributed by atoms with Crippen LogP contribution in [0.1, 0.15) is 19.4 Å². The highest BCUT2D eigenvalue weighted by molar-refractivity contribution is 7.90. The van der Waals surface area contributed by atoms with Crippen LogP contribution < -0.4 is 0 Å². The SMILES string of the molecule is CCN(CC)N=Nc1cc(C)ccc1S(C)(=O)=O. The molecular formula is C12H19N3O2S. The fourth-order valence-corrected chi connectivity index (χ4v) is 2.28. The van der Waals surface area contributed by atoms with Gasteiger partial charge in [-0.05, 0) is 38.5 Å². The molecule has 0 spiro atoms. The molecule has 1 rings (SSSR count). The van der Waals surface area contributed by atoms with Crippen molar-refractivity contribution in [3.63, 3.8) is 0 Å². The third-order valence-corrected chi connectivity index (χ3v) is 3.67. The van der Waals surface area contributed by atoms with E-state index in [0.29, 0.717) is 5.69 Å². The van der Waals surface area contributed by atoms with Crippen molar-refractivity contribution in [1.29, 1.82) is 0 Å². The van der Waals surface area contributed by atoms with E-state index < -0.39 is 9.84 Å². The molecule has 0 saturated heterocycles. The Morgan fingerprint density at radius 2 is 1.83 bits per heavy atom. The molecule has 1 aromatic rings. The van der Waals surface area contributed by atoms with Crippen LogP contribution in [0.3, 0.4) is 0 Å². The molecule has 0 bridgehead atoms. The fraction of sp³-hybridized carbons (Fsp3) is 0.500. The van der Waals surface area contributed by atoms with Crippen LogP contribution in [0.4, 0.5) is 5.69 Å². The predicted molar refractivity (Wildman–Crippen MR) is 71.7 cm³/mol. The van der Waals surface area contributed by atoms with E-state index in [9.17, 15) is 8.42 Å². The molecule has 6 heteroatoms. The first kappa shape index (κ1) is 14.6. The molecule has 1 aromatic carbocycles. The van der Waals surface area contributed by atoms with E-state index in [4.69, 9.17) is 0 Å². The minimum atomic E-state index is -3.28. The van der Waals surface area contributed by atoms with E-state index in [1.165, 1.54) is 6.26 Å². The van der Waals surface area contributed by atoms with Crippen LogP contribution in [0.5, 0.6) is 0 Å². The molecule has 0 fully saturated rings. The van der Waals surface area contributed by atoms with Gasteiger partial charge in [0.15, 0.2) is 9.84 Å². The van der Waals surface area contributed by atoms with Gasteiger partial charge in [-0.25, -0.2) is 8.42 Å². The van der Waals surface area contributed by atoms with E-state index in [-0.39, 0.29) is 4.90 Å². The average Bonchev–Trinajstić information content (AvgIpc) is 2.28. The normalized spacial score (nSPS) is 12.0. The van der Waals surface area contributed by atoms with Crippen molar-refractivity contribution < 1.29 is 8.42 Å². The Bertz CT molecular complexity index is 534. The minimum absolute atomic E-state index is 0.212. The number of hydrogen-bond acceptors (Lipinski definition) is 4. The lowest BCUT2D eigenvalue weighted by Gasteiger charge is -2.12. The molecule has 0 aliphatic heterocycles. The Morgan fingerprint density at radius 1 is 1.22 bits per heavy atom. The third kappa shape index (κ3) is 3.80. The highest BCUT2D eigenvalue weighted by Gasteiger charge is 2.13. The molecule has 0 N–H and O–H groups in total. The monoisotopic (exact) mass is 269 g/mol. The molecule has 0 heterocycles. The fourth-order valence-electron chi connectivity index (χ4n) is 1.48. The van der Waals surface area contributed by atoms with Gasteiger partial charge in [-0.3, -0.25) is 5.01 Å². The first-order valence-corrected chi connectivity index (χ1v) is 7.75. The Kier molecular flexibility index (Phi) is 4.84. The summed E-state index contributed by atoms with van der Waals surface area (Å²) in [5.41, 5.74) is 1.35. The average molecular weight is 269 g/mol. The first-order valence-electron chi connectivity index (χ1n) is 5.85. The summed E-state index contributed by atoms with van der Waals surface area (Å²) in [4.78, 5) is 0.212. The second kappa shape index (κ2) is 5.95. The smallest absolute Gasteiger partial charge is 0.177 e. The Balaban J connectivity index is 3.19. The first-order chi connectivity index (χ1) is 8.38. The quantitative estimate of drug-likeness (QED) is 0.610. The number of sulfone groups is 1. The number of hydrogen-bond donors (Lipinski definition) is 0. The zero-order valence-corrected chi connectivity index (χ0v) is 12.0. The van der Waals surface area contributed by atoms with Crippen molar-refractivity contribution in [3.05, 3.63) is 23.8 Å². The molecule has 0 amide bonds. The van der Waals surface area contributed by atoms with Gasteiger partial charge in [0.1, 0.15) is 5.69 Å². The molecule has 18 heavy (non-hydrogen) atoms. The van der Waals surface area contributed by atoms with Crippen LogP contribution in [0.15, 0.2) is 33.4 Å². The van der Waals surface area contributed by atoms with Gasteiger partial charge in [-0.15, -0.1) is 5.11 Å². The van der Waals surface area contributed by atoms with E-state index in [0.717, 1.165) is 18.7 Å².